The summed E-state index contributed by atoms with van der Waals surface area (Å²) >= 11 is 0. The predicted octanol–water partition coefficient (Wildman–Crippen LogP) is 3.91. The van der Waals surface area contributed by atoms with Gasteiger partial charge in [-0.1, -0.05) is 42.5 Å². The van der Waals surface area contributed by atoms with Crippen molar-refractivity contribution in [3.63, 3.8) is 0 Å². The van der Waals surface area contributed by atoms with Gasteiger partial charge in [-0.15, -0.1) is 0 Å². The molecule has 0 aliphatic carbocycles. The highest BCUT2D eigenvalue weighted by atomic mass is 16.5. The molecule has 30 heavy (non-hydrogen) atoms. The highest BCUT2D eigenvalue weighted by Crippen LogP contribution is 2.25. The zero-order valence-electron chi connectivity index (χ0n) is 17.9. The van der Waals surface area contributed by atoms with E-state index in [4.69, 9.17) is 14.5 Å². The second kappa shape index (κ2) is 9.22. The van der Waals surface area contributed by atoms with E-state index < -0.39 is 5.97 Å². The molecular formula is C24H28N2O4. The van der Waals surface area contributed by atoms with Gasteiger partial charge in [0.2, 0.25) is 0 Å². The molecule has 158 valence electrons. The molecule has 6 heteroatoms. The van der Waals surface area contributed by atoms with E-state index in [2.05, 4.69) is 0 Å². The second-order valence-electron chi connectivity index (χ2n) is 8.07. The molecule has 1 aromatic heterocycles. The highest BCUT2D eigenvalue weighted by molar-refractivity contribution is 5.77. The van der Waals surface area contributed by atoms with Gasteiger partial charge in [0.05, 0.1) is 35.8 Å². The Balaban J connectivity index is 2.16. The Kier molecular flexibility index (Phi) is 6.67. The molecule has 1 unspecified atom stereocenters. The molecule has 1 atom stereocenters. The minimum Gasteiger partial charge on any atom is -0.465 e. The first kappa shape index (κ1) is 21.7. The third-order valence-corrected chi connectivity index (χ3v) is 4.69. The van der Waals surface area contributed by atoms with Gasteiger partial charge in [-0.25, -0.2) is 4.98 Å². The maximum absolute atomic E-state index is 13.5. The van der Waals surface area contributed by atoms with Crippen molar-refractivity contribution in [3.05, 3.63) is 76.2 Å². The van der Waals surface area contributed by atoms with Crippen LogP contribution in [-0.2, 0) is 20.8 Å². The second-order valence-corrected chi connectivity index (χ2v) is 8.07. The minimum atomic E-state index is -0.455. The van der Waals surface area contributed by atoms with Crippen LogP contribution in [0.1, 0.15) is 44.9 Å². The van der Waals surface area contributed by atoms with E-state index in [1.165, 1.54) is 4.57 Å². The SMILES string of the molecule is CCOC(=O)Cn1c(=O)c(C(COC(C)(C)C)c2ccccc2)nc2ccccc21. The van der Waals surface area contributed by atoms with Crippen LogP contribution in [0.5, 0.6) is 0 Å². The molecule has 0 radical (unpaired) electrons. The van der Waals surface area contributed by atoms with Crippen LogP contribution in [0, 0.1) is 0 Å². The first-order valence-electron chi connectivity index (χ1n) is 10.1. The van der Waals surface area contributed by atoms with Crippen molar-refractivity contribution in [1.29, 1.82) is 0 Å². The summed E-state index contributed by atoms with van der Waals surface area (Å²) < 4.78 is 12.6. The summed E-state index contributed by atoms with van der Waals surface area (Å²) in [6.07, 6.45) is 0. The molecule has 1 heterocycles. The number of carbonyl (C=O) groups excluding carboxylic acids is 1. The largest absolute Gasteiger partial charge is 0.465 e. The molecule has 6 nitrogen and oxygen atoms in total. The van der Waals surface area contributed by atoms with E-state index >= 15 is 0 Å². The Labute approximate surface area is 176 Å². The fourth-order valence-corrected chi connectivity index (χ4v) is 3.28. The molecule has 3 rings (SSSR count). The number of esters is 1. The van der Waals surface area contributed by atoms with Crippen molar-refractivity contribution in [2.75, 3.05) is 13.2 Å². The van der Waals surface area contributed by atoms with Gasteiger partial charge in [0.1, 0.15) is 12.2 Å². The summed E-state index contributed by atoms with van der Waals surface area (Å²) in [5, 5.41) is 0. The van der Waals surface area contributed by atoms with Crippen molar-refractivity contribution in [2.24, 2.45) is 0 Å². The molecular weight excluding hydrogens is 380 g/mol. The van der Waals surface area contributed by atoms with E-state index in [1.54, 1.807) is 13.0 Å². The van der Waals surface area contributed by atoms with Crippen molar-refractivity contribution < 1.29 is 14.3 Å². The molecule has 3 aromatic rings. The van der Waals surface area contributed by atoms with Gasteiger partial charge >= 0.3 is 5.97 Å². The number of hydrogen-bond donors (Lipinski definition) is 0. The van der Waals surface area contributed by atoms with Crippen LogP contribution in [0.3, 0.4) is 0 Å². The van der Waals surface area contributed by atoms with Crippen LogP contribution in [0.2, 0.25) is 0 Å². The van der Waals surface area contributed by atoms with Crippen LogP contribution in [0.15, 0.2) is 59.4 Å². The third kappa shape index (κ3) is 5.13. The maximum Gasteiger partial charge on any atom is 0.326 e. The van der Waals surface area contributed by atoms with Gasteiger partial charge in [-0.2, -0.15) is 0 Å². The van der Waals surface area contributed by atoms with Gasteiger partial charge < -0.3 is 9.47 Å². The quantitative estimate of drug-likeness (QED) is 0.555. The average molecular weight is 408 g/mol. The predicted molar refractivity (Wildman–Crippen MR) is 117 cm³/mol. The summed E-state index contributed by atoms with van der Waals surface area (Å²) in [6.45, 7) is 8.06. The number of fused-ring (bicyclic) bond motifs is 1. The summed E-state index contributed by atoms with van der Waals surface area (Å²) in [5.41, 5.74) is 1.86. The molecule has 0 amide bonds. The lowest BCUT2D eigenvalue weighted by Gasteiger charge is -2.25. The first-order chi connectivity index (χ1) is 14.3. The Morgan fingerprint density at radius 1 is 1.07 bits per heavy atom. The molecule has 0 N–H and O–H groups in total. The fraction of sp³-hybridized carbons (Fsp3) is 0.375. The highest BCUT2D eigenvalue weighted by Gasteiger charge is 2.25. The smallest absolute Gasteiger partial charge is 0.326 e. The molecule has 0 aliphatic heterocycles. The Hall–Kier alpha value is -2.99. The lowest BCUT2D eigenvalue weighted by molar-refractivity contribution is -0.143. The molecule has 0 bridgehead atoms. The normalized spacial score (nSPS) is 12.7. The van der Waals surface area contributed by atoms with E-state index in [0.29, 0.717) is 23.3 Å². The minimum absolute atomic E-state index is 0.162. The number of aromatic nitrogens is 2. The molecule has 0 saturated heterocycles. The number of hydrogen-bond acceptors (Lipinski definition) is 5. The molecule has 0 saturated carbocycles. The van der Waals surface area contributed by atoms with Crippen molar-refractivity contribution >= 4 is 17.0 Å². The Bertz CT molecular complexity index is 1070. The molecule has 0 spiro atoms. The summed E-state index contributed by atoms with van der Waals surface area (Å²) in [7, 11) is 0. The van der Waals surface area contributed by atoms with Gasteiger partial charge in [0.25, 0.3) is 5.56 Å². The average Bonchev–Trinajstić information content (AvgIpc) is 2.71. The van der Waals surface area contributed by atoms with Crippen molar-refractivity contribution in [1.82, 2.24) is 9.55 Å². The van der Waals surface area contributed by atoms with Crippen LogP contribution in [0.25, 0.3) is 11.0 Å². The molecule has 2 aromatic carbocycles. The summed E-state index contributed by atoms with van der Waals surface area (Å²) in [5.74, 6) is -0.819. The van der Waals surface area contributed by atoms with Crippen LogP contribution in [-0.4, -0.2) is 34.3 Å². The van der Waals surface area contributed by atoms with Crippen LogP contribution < -0.4 is 5.56 Å². The summed E-state index contributed by atoms with van der Waals surface area (Å²) in [6, 6.07) is 17.0. The van der Waals surface area contributed by atoms with E-state index in [-0.39, 0.29) is 30.2 Å². The van der Waals surface area contributed by atoms with Crippen molar-refractivity contribution in [2.45, 2.75) is 45.8 Å². The van der Waals surface area contributed by atoms with Gasteiger partial charge in [0.15, 0.2) is 0 Å². The summed E-state index contributed by atoms with van der Waals surface area (Å²) in [4.78, 5) is 30.4. The topological polar surface area (TPSA) is 70.4 Å². The van der Waals surface area contributed by atoms with Crippen LogP contribution in [0.4, 0.5) is 0 Å². The zero-order valence-corrected chi connectivity index (χ0v) is 17.9. The molecule has 0 aliphatic rings. The van der Waals surface area contributed by atoms with Gasteiger partial charge in [-0.3, -0.25) is 14.2 Å². The third-order valence-electron chi connectivity index (χ3n) is 4.69. The maximum atomic E-state index is 13.5. The number of para-hydroxylation sites is 2. The van der Waals surface area contributed by atoms with Crippen LogP contribution >= 0.6 is 0 Å². The van der Waals surface area contributed by atoms with Gasteiger partial charge in [0, 0.05) is 0 Å². The lowest BCUT2D eigenvalue weighted by atomic mass is 9.96. The number of ether oxygens (including phenoxy) is 2. The van der Waals surface area contributed by atoms with E-state index in [1.807, 2.05) is 69.3 Å². The Morgan fingerprint density at radius 2 is 1.73 bits per heavy atom. The Morgan fingerprint density at radius 3 is 2.40 bits per heavy atom. The molecule has 0 fully saturated rings. The zero-order chi connectivity index (χ0) is 21.7. The number of rotatable bonds is 7. The standard InChI is InChI=1S/C24H28N2O4/c1-5-29-21(27)15-26-20-14-10-9-13-19(20)25-22(23(26)28)18(16-30-24(2,3)4)17-11-7-6-8-12-17/h6-14,18H,5,15-16H2,1-4H3. The van der Waals surface area contributed by atoms with E-state index in [0.717, 1.165) is 5.56 Å². The number of nitrogens with zero attached hydrogens (tertiary/aromatic N) is 2. The van der Waals surface area contributed by atoms with Crippen molar-refractivity contribution in [3.8, 4) is 0 Å². The monoisotopic (exact) mass is 408 g/mol. The van der Waals surface area contributed by atoms with E-state index in [9.17, 15) is 9.59 Å². The number of benzene rings is 2. The van der Waals surface area contributed by atoms with Gasteiger partial charge in [-0.05, 0) is 45.4 Å². The number of carbonyl (C=O) groups is 1. The first-order valence-corrected chi connectivity index (χ1v) is 10.1. The fourth-order valence-electron chi connectivity index (χ4n) is 3.28. The lowest BCUT2D eigenvalue weighted by Crippen LogP contribution is -2.33.